The molecule has 0 saturated carbocycles. The zero-order valence-electron chi connectivity index (χ0n) is 29.7. The van der Waals surface area contributed by atoms with Gasteiger partial charge in [-0.15, -0.1) is 0 Å². The second-order valence-electron chi connectivity index (χ2n) is 14.9. The number of aromatic nitrogens is 1. The average molecular weight is 677 g/mol. The molecule has 11 rings (SSSR count). The van der Waals surface area contributed by atoms with E-state index in [0.717, 1.165) is 11.4 Å². The van der Waals surface area contributed by atoms with Crippen LogP contribution in [0.5, 0.6) is 0 Å². The van der Waals surface area contributed by atoms with Crippen LogP contribution in [0.1, 0.15) is 25.0 Å². The molecule has 0 amide bonds. The van der Waals surface area contributed by atoms with E-state index in [9.17, 15) is 0 Å². The van der Waals surface area contributed by atoms with E-state index in [1.807, 2.05) is 0 Å². The first-order valence-corrected chi connectivity index (χ1v) is 18.5. The molecule has 1 heterocycles. The third kappa shape index (κ3) is 4.27. The lowest BCUT2D eigenvalue weighted by molar-refractivity contribution is 0.660. The van der Waals surface area contributed by atoms with Gasteiger partial charge in [0, 0.05) is 44.0 Å². The Balaban J connectivity index is 1.12. The highest BCUT2D eigenvalue weighted by Crippen LogP contribution is 2.52. The minimum absolute atomic E-state index is 0.217. The van der Waals surface area contributed by atoms with E-state index in [1.165, 1.54) is 87.8 Å². The zero-order chi connectivity index (χ0) is 35.3. The van der Waals surface area contributed by atoms with Gasteiger partial charge in [0.05, 0.1) is 16.7 Å². The molecule has 0 spiro atoms. The van der Waals surface area contributed by atoms with Crippen molar-refractivity contribution in [3.8, 4) is 16.8 Å². The molecule has 2 heteroatoms. The highest BCUT2D eigenvalue weighted by Gasteiger charge is 2.37. The van der Waals surface area contributed by atoms with Gasteiger partial charge in [-0.2, -0.15) is 0 Å². The van der Waals surface area contributed by atoms with Gasteiger partial charge in [0.2, 0.25) is 0 Å². The van der Waals surface area contributed by atoms with Crippen LogP contribution in [0.2, 0.25) is 0 Å². The Morgan fingerprint density at radius 3 is 1.81 bits per heavy atom. The fraction of sp³-hybridized carbons (Fsp3) is 0.0588. The molecule has 250 valence electrons. The zero-order valence-corrected chi connectivity index (χ0v) is 29.7. The first-order chi connectivity index (χ1) is 26.1. The Labute approximate surface area is 308 Å². The van der Waals surface area contributed by atoms with Crippen molar-refractivity contribution in [3.63, 3.8) is 0 Å². The molecule has 9 aromatic carbocycles. The highest BCUT2D eigenvalue weighted by atomic mass is 15.1. The molecule has 0 fully saturated rings. The van der Waals surface area contributed by atoms with Crippen LogP contribution in [0.4, 0.5) is 17.1 Å². The predicted octanol–water partition coefficient (Wildman–Crippen LogP) is 14.0. The molecule has 0 radical (unpaired) electrons. The van der Waals surface area contributed by atoms with Crippen LogP contribution in [0.15, 0.2) is 182 Å². The fourth-order valence-corrected chi connectivity index (χ4v) is 9.30. The van der Waals surface area contributed by atoms with Gasteiger partial charge in [0.1, 0.15) is 0 Å². The topological polar surface area (TPSA) is 8.17 Å². The Hall–Kier alpha value is -6.64. The third-order valence-corrected chi connectivity index (χ3v) is 11.7. The molecule has 1 aromatic heterocycles. The van der Waals surface area contributed by atoms with Crippen molar-refractivity contribution in [2.75, 3.05) is 4.90 Å². The van der Waals surface area contributed by atoms with Crippen LogP contribution in [0, 0.1) is 0 Å². The number of anilines is 3. The van der Waals surface area contributed by atoms with Gasteiger partial charge in [-0.05, 0) is 92.3 Å². The van der Waals surface area contributed by atoms with Crippen LogP contribution in [-0.2, 0) is 5.41 Å². The maximum Gasteiger partial charge on any atom is 0.0625 e. The molecule has 0 bridgehead atoms. The van der Waals surface area contributed by atoms with Crippen molar-refractivity contribution in [1.82, 2.24) is 4.57 Å². The lowest BCUT2D eigenvalue weighted by Crippen LogP contribution is -2.17. The maximum absolute atomic E-state index is 2.52. The summed E-state index contributed by atoms with van der Waals surface area (Å²) in [7, 11) is 0. The molecule has 1 aliphatic carbocycles. The maximum atomic E-state index is 2.52. The highest BCUT2D eigenvalue weighted by molar-refractivity contribution is 6.32. The molecule has 10 aromatic rings. The molecule has 0 saturated heterocycles. The third-order valence-electron chi connectivity index (χ3n) is 11.7. The first-order valence-electron chi connectivity index (χ1n) is 18.5. The SMILES string of the molecule is CC1(C)c2cc(N(c3ccccc3)c3cccc4ccccc34)ccc2-c2ccc(-n3c4ccccc4c4c5ccccc5c5ccccc5c43)cc21. The Kier molecular flexibility index (Phi) is 6.33. The van der Waals surface area contributed by atoms with Crippen molar-refractivity contribution in [2.24, 2.45) is 0 Å². The van der Waals surface area contributed by atoms with E-state index in [2.05, 4.69) is 205 Å². The number of hydrogen-bond acceptors (Lipinski definition) is 1. The second kappa shape index (κ2) is 11.2. The number of hydrogen-bond donors (Lipinski definition) is 0. The van der Waals surface area contributed by atoms with Crippen molar-refractivity contribution < 1.29 is 0 Å². The Bertz CT molecular complexity index is 3090. The summed E-state index contributed by atoms with van der Waals surface area (Å²) in [6.45, 7) is 4.79. The molecule has 0 N–H and O–H groups in total. The van der Waals surface area contributed by atoms with Gasteiger partial charge in [-0.1, -0.05) is 147 Å². The van der Waals surface area contributed by atoms with E-state index in [-0.39, 0.29) is 5.41 Å². The minimum atomic E-state index is -0.217. The average Bonchev–Trinajstić information content (AvgIpc) is 3.67. The number of rotatable bonds is 4. The van der Waals surface area contributed by atoms with E-state index in [4.69, 9.17) is 0 Å². The van der Waals surface area contributed by atoms with Gasteiger partial charge in [-0.25, -0.2) is 0 Å². The number of benzene rings is 9. The van der Waals surface area contributed by atoms with E-state index >= 15 is 0 Å². The van der Waals surface area contributed by atoms with Gasteiger partial charge in [0.15, 0.2) is 0 Å². The summed E-state index contributed by atoms with van der Waals surface area (Å²) >= 11 is 0. The Morgan fingerprint density at radius 1 is 0.434 bits per heavy atom. The van der Waals surface area contributed by atoms with Crippen molar-refractivity contribution >= 4 is 71.2 Å². The van der Waals surface area contributed by atoms with Crippen LogP contribution in [0.3, 0.4) is 0 Å². The lowest BCUT2D eigenvalue weighted by Gasteiger charge is -2.29. The van der Waals surface area contributed by atoms with E-state index < -0.39 is 0 Å². The molecule has 53 heavy (non-hydrogen) atoms. The molecule has 0 atom stereocenters. The van der Waals surface area contributed by atoms with Gasteiger partial charge < -0.3 is 9.47 Å². The van der Waals surface area contributed by atoms with E-state index in [1.54, 1.807) is 0 Å². The number of nitrogens with zero attached hydrogens (tertiary/aromatic N) is 2. The molecule has 0 aliphatic heterocycles. The summed E-state index contributed by atoms with van der Waals surface area (Å²) in [5.41, 5.74) is 12.3. The molecule has 0 unspecified atom stereocenters. The van der Waals surface area contributed by atoms with Crippen molar-refractivity contribution in [1.29, 1.82) is 0 Å². The molecule has 2 nitrogen and oxygen atoms in total. The predicted molar refractivity (Wildman–Crippen MR) is 226 cm³/mol. The summed E-state index contributed by atoms with van der Waals surface area (Å²) in [4.78, 5) is 2.42. The van der Waals surface area contributed by atoms with E-state index in [0.29, 0.717) is 0 Å². The van der Waals surface area contributed by atoms with Gasteiger partial charge >= 0.3 is 0 Å². The summed E-state index contributed by atoms with van der Waals surface area (Å²) in [5, 5.41) is 10.2. The monoisotopic (exact) mass is 676 g/mol. The van der Waals surface area contributed by atoms with Crippen LogP contribution in [0.25, 0.3) is 70.9 Å². The standard InChI is InChI=1S/C51H36N2/c1-51(2)45-31-35(52(34-17-4-3-5-18-34)47-26-14-16-33-15-6-7-19-37(33)47)27-29-40(45)41-30-28-36(32-46(41)51)53-48-25-13-12-24-44(48)49-42-22-10-8-20-38(42)39-21-9-11-23-43(39)50(49)53/h3-32H,1-2H3. The second-order valence-corrected chi connectivity index (χ2v) is 14.9. The lowest BCUT2D eigenvalue weighted by atomic mass is 9.82. The molecule has 1 aliphatic rings. The number of para-hydroxylation sites is 2. The van der Waals surface area contributed by atoms with Crippen LogP contribution in [-0.4, -0.2) is 4.57 Å². The summed E-state index contributed by atoms with van der Waals surface area (Å²) in [6, 6.07) is 67.0. The van der Waals surface area contributed by atoms with Crippen molar-refractivity contribution in [3.05, 3.63) is 193 Å². The summed E-state index contributed by atoms with van der Waals surface area (Å²) in [5.74, 6) is 0. The van der Waals surface area contributed by atoms with Crippen LogP contribution >= 0.6 is 0 Å². The fourth-order valence-electron chi connectivity index (χ4n) is 9.30. The molecular weight excluding hydrogens is 641 g/mol. The Morgan fingerprint density at radius 2 is 1.02 bits per heavy atom. The first kappa shape index (κ1) is 30.0. The summed E-state index contributed by atoms with van der Waals surface area (Å²) < 4.78 is 2.52. The largest absolute Gasteiger partial charge is 0.310 e. The van der Waals surface area contributed by atoms with Crippen molar-refractivity contribution in [2.45, 2.75) is 19.3 Å². The van der Waals surface area contributed by atoms with Gasteiger partial charge in [-0.3, -0.25) is 0 Å². The quantitative estimate of drug-likeness (QED) is 0.168. The molecular formula is C51H36N2. The van der Waals surface area contributed by atoms with Crippen LogP contribution < -0.4 is 4.90 Å². The minimum Gasteiger partial charge on any atom is -0.310 e. The summed E-state index contributed by atoms with van der Waals surface area (Å²) in [6.07, 6.45) is 0. The number of fused-ring (bicyclic) bond motifs is 12. The normalized spacial score (nSPS) is 13.2. The smallest absolute Gasteiger partial charge is 0.0625 e. The van der Waals surface area contributed by atoms with Gasteiger partial charge in [0.25, 0.3) is 0 Å².